The van der Waals surface area contributed by atoms with Crippen molar-refractivity contribution in [3.8, 4) is 0 Å². The van der Waals surface area contributed by atoms with Gasteiger partial charge in [-0.15, -0.1) is 0 Å². The minimum absolute atomic E-state index is 0.192. The third-order valence-electron chi connectivity index (χ3n) is 3.80. The van der Waals surface area contributed by atoms with E-state index >= 15 is 0 Å². The maximum atomic E-state index is 10.5. The van der Waals surface area contributed by atoms with Crippen LogP contribution in [0.3, 0.4) is 0 Å². The van der Waals surface area contributed by atoms with Crippen molar-refractivity contribution in [2.24, 2.45) is 4.99 Å². The minimum atomic E-state index is -1.15. The molecule has 0 aromatic carbocycles. The molecular formula is C18H29N5O3. The third-order valence-corrected chi connectivity index (χ3v) is 3.80. The van der Waals surface area contributed by atoms with E-state index in [0.717, 1.165) is 18.8 Å². The number of aryl methyl sites for hydroxylation is 1. The van der Waals surface area contributed by atoms with Gasteiger partial charge in [-0.05, 0) is 32.4 Å². The van der Waals surface area contributed by atoms with Gasteiger partial charge in [-0.2, -0.15) is 4.98 Å². The lowest BCUT2D eigenvalue weighted by Crippen LogP contribution is -2.39. The Morgan fingerprint density at radius 3 is 2.81 bits per heavy atom. The first-order valence-corrected chi connectivity index (χ1v) is 9.03. The molecular weight excluding hydrogens is 334 g/mol. The summed E-state index contributed by atoms with van der Waals surface area (Å²) in [5.41, 5.74) is -1.15. The fourth-order valence-electron chi connectivity index (χ4n) is 2.29. The van der Waals surface area contributed by atoms with Crippen molar-refractivity contribution in [1.82, 2.24) is 20.8 Å². The summed E-state index contributed by atoms with van der Waals surface area (Å²) in [5.74, 6) is 2.79. The molecule has 0 saturated carbocycles. The lowest BCUT2D eigenvalue weighted by molar-refractivity contribution is 0.0437. The zero-order chi connectivity index (χ0) is 19.0. The van der Waals surface area contributed by atoms with Crippen molar-refractivity contribution in [2.75, 3.05) is 19.6 Å². The number of nitrogens with zero attached hydrogens (tertiary/aromatic N) is 3. The molecule has 2 heterocycles. The SMILES string of the molecule is CCNC(=NCC(C)(O)c1ccco1)NCCCc1nc(C(C)C)no1. The molecule has 0 amide bonds. The van der Waals surface area contributed by atoms with Crippen LogP contribution in [0, 0.1) is 0 Å². The number of furan rings is 1. The van der Waals surface area contributed by atoms with Crippen molar-refractivity contribution < 1.29 is 14.0 Å². The first kappa shape index (κ1) is 20.0. The second-order valence-corrected chi connectivity index (χ2v) is 6.68. The van der Waals surface area contributed by atoms with E-state index in [9.17, 15) is 5.11 Å². The molecule has 8 nitrogen and oxygen atoms in total. The molecule has 3 N–H and O–H groups in total. The van der Waals surface area contributed by atoms with E-state index in [1.54, 1.807) is 25.3 Å². The Morgan fingerprint density at radius 2 is 2.19 bits per heavy atom. The van der Waals surface area contributed by atoms with Crippen LogP contribution in [0.1, 0.15) is 57.5 Å². The molecule has 0 aliphatic heterocycles. The summed E-state index contributed by atoms with van der Waals surface area (Å²) in [6, 6.07) is 3.49. The second-order valence-electron chi connectivity index (χ2n) is 6.68. The Morgan fingerprint density at radius 1 is 1.38 bits per heavy atom. The lowest BCUT2D eigenvalue weighted by Gasteiger charge is -2.19. The molecule has 0 fully saturated rings. The standard InChI is InChI=1S/C18H29N5O3/c1-5-19-17(21-12-18(4,24)14-8-7-11-25-14)20-10-6-9-15-22-16(13(2)3)23-26-15/h7-8,11,13,24H,5-6,9-10,12H2,1-4H3,(H2,19,20,21). The average molecular weight is 363 g/mol. The average Bonchev–Trinajstić information content (AvgIpc) is 3.28. The number of aliphatic imine (C=N–C) groups is 1. The number of guanidine groups is 1. The van der Waals surface area contributed by atoms with Crippen LogP contribution in [0.2, 0.25) is 0 Å². The van der Waals surface area contributed by atoms with Crippen molar-refractivity contribution in [1.29, 1.82) is 0 Å². The van der Waals surface area contributed by atoms with Crippen LogP contribution < -0.4 is 10.6 Å². The molecule has 1 atom stereocenters. The number of nitrogens with one attached hydrogen (secondary N) is 2. The molecule has 2 rings (SSSR count). The molecule has 1 unspecified atom stereocenters. The van der Waals surface area contributed by atoms with E-state index in [1.165, 1.54) is 0 Å². The van der Waals surface area contributed by atoms with Gasteiger partial charge in [-0.3, -0.25) is 0 Å². The molecule has 0 aliphatic carbocycles. The summed E-state index contributed by atoms with van der Waals surface area (Å²) in [6.07, 6.45) is 3.08. The Kier molecular flexibility index (Phi) is 7.20. The highest BCUT2D eigenvalue weighted by Gasteiger charge is 2.26. The van der Waals surface area contributed by atoms with Crippen molar-refractivity contribution in [2.45, 2.75) is 52.1 Å². The molecule has 0 bridgehead atoms. The van der Waals surface area contributed by atoms with Gasteiger partial charge in [0.05, 0.1) is 12.8 Å². The number of aromatic nitrogens is 2. The van der Waals surface area contributed by atoms with E-state index in [0.29, 0.717) is 30.6 Å². The van der Waals surface area contributed by atoms with Crippen LogP contribution in [-0.2, 0) is 12.0 Å². The second kappa shape index (κ2) is 9.38. The van der Waals surface area contributed by atoms with E-state index in [-0.39, 0.29) is 12.5 Å². The molecule has 0 aliphatic rings. The quantitative estimate of drug-likeness (QED) is 0.356. The lowest BCUT2D eigenvalue weighted by atomic mass is 10.0. The zero-order valence-electron chi connectivity index (χ0n) is 16.0. The Balaban J connectivity index is 1.81. The van der Waals surface area contributed by atoms with Gasteiger partial charge in [-0.25, -0.2) is 4.99 Å². The monoisotopic (exact) mass is 363 g/mol. The maximum absolute atomic E-state index is 10.5. The largest absolute Gasteiger partial charge is 0.466 e. The third kappa shape index (κ3) is 5.87. The molecule has 2 aromatic rings. The molecule has 0 radical (unpaired) electrons. The van der Waals surface area contributed by atoms with Crippen molar-refractivity contribution in [3.63, 3.8) is 0 Å². The van der Waals surface area contributed by atoms with Gasteiger partial charge in [0.15, 0.2) is 11.8 Å². The highest BCUT2D eigenvalue weighted by molar-refractivity contribution is 5.79. The number of rotatable bonds is 9. The van der Waals surface area contributed by atoms with Crippen LogP contribution in [0.4, 0.5) is 0 Å². The normalized spacial score (nSPS) is 14.5. The Labute approximate surface area is 154 Å². The molecule has 8 heteroatoms. The van der Waals surface area contributed by atoms with E-state index < -0.39 is 5.60 Å². The van der Waals surface area contributed by atoms with Crippen LogP contribution in [-0.4, -0.2) is 40.8 Å². The van der Waals surface area contributed by atoms with Gasteiger partial charge in [0.25, 0.3) is 0 Å². The summed E-state index contributed by atoms with van der Waals surface area (Å²) in [5, 5.41) is 20.8. The number of aliphatic hydroxyl groups is 1. The number of hydrogen-bond acceptors (Lipinski definition) is 6. The molecule has 0 spiro atoms. The van der Waals surface area contributed by atoms with Gasteiger partial charge in [0.1, 0.15) is 11.4 Å². The van der Waals surface area contributed by atoms with E-state index in [1.807, 2.05) is 20.8 Å². The molecule has 144 valence electrons. The van der Waals surface area contributed by atoms with Gasteiger partial charge in [0.2, 0.25) is 5.89 Å². The predicted octanol–water partition coefficient (Wildman–Crippen LogP) is 2.18. The Hall–Kier alpha value is -2.35. The first-order chi connectivity index (χ1) is 12.4. The highest BCUT2D eigenvalue weighted by Crippen LogP contribution is 2.21. The van der Waals surface area contributed by atoms with Crippen molar-refractivity contribution >= 4 is 5.96 Å². The highest BCUT2D eigenvalue weighted by atomic mass is 16.5. The molecule has 2 aromatic heterocycles. The van der Waals surface area contributed by atoms with Gasteiger partial charge < -0.3 is 24.7 Å². The van der Waals surface area contributed by atoms with Gasteiger partial charge in [0, 0.05) is 25.4 Å². The van der Waals surface area contributed by atoms with E-state index in [2.05, 4.69) is 25.8 Å². The predicted molar refractivity (Wildman–Crippen MR) is 99.0 cm³/mol. The van der Waals surface area contributed by atoms with Crippen molar-refractivity contribution in [3.05, 3.63) is 35.9 Å². The maximum Gasteiger partial charge on any atom is 0.226 e. The summed E-state index contributed by atoms with van der Waals surface area (Å²) in [6.45, 7) is 9.37. The summed E-state index contributed by atoms with van der Waals surface area (Å²) in [7, 11) is 0. The Bertz CT molecular complexity index is 677. The minimum Gasteiger partial charge on any atom is -0.466 e. The summed E-state index contributed by atoms with van der Waals surface area (Å²) in [4.78, 5) is 8.81. The number of hydrogen-bond donors (Lipinski definition) is 3. The summed E-state index contributed by atoms with van der Waals surface area (Å²) < 4.78 is 10.5. The zero-order valence-corrected chi connectivity index (χ0v) is 16.0. The van der Waals surface area contributed by atoms with Crippen LogP contribution in [0.5, 0.6) is 0 Å². The van der Waals surface area contributed by atoms with E-state index in [4.69, 9.17) is 8.94 Å². The fourth-order valence-corrected chi connectivity index (χ4v) is 2.29. The van der Waals surface area contributed by atoms with Crippen LogP contribution in [0.25, 0.3) is 0 Å². The van der Waals surface area contributed by atoms with Gasteiger partial charge in [-0.1, -0.05) is 19.0 Å². The smallest absolute Gasteiger partial charge is 0.226 e. The fraction of sp³-hybridized carbons (Fsp3) is 0.611. The van der Waals surface area contributed by atoms with Crippen LogP contribution in [0.15, 0.2) is 32.3 Å². The molecule has 26 heavy (non-hydrogen) atoms. The first-order valence-electron chi connectivity index (χ1n) is 9.03. The topological polar surface area (TPSA) is 109 Å². The molecule has 0 saturated heterocycles. The summed E-state index contributed by atoms with van der Waals surface area (Å²) >= 11 is 0. The van der Waals surface area contributed by atoms with Crippen LogP contribution >= 0.6 is 0 Å². The van der Waals surface area contributed by atoms with Gasteiger partial charge >= 0.3 is 0 Å².